The number of benzene rings is 1. The summed E-state index contributed by atoms with van der Waals surface area (Å²) in [4.78, 5) is 4.47. The van der Waals surface area contributed by atoms with Gasteiger partial charge in [-0.2, -0.15) is 0 Å². The molecule has 1 aromatic carbocycles. The molecule has 0 amide bonds. The highest BCUT2D eigenvalue weighted by molar-refractivity contribution is 7.92. The van der Waals surface area contributed by atoms with Gasteiger partial charge in [0.1, 0.15) is 22.0 Å². The zero-order chi connectivity index (χ0) is 24.4. The van der Waals surface area contributed by atoms with E-state index in [1.54, 1.807) is 62.6 Å². The molecule has 2 heterocycles. The van der Waals surface area contributed by atoms with Crippen molar-refractivity contribution in [1.82, 2.24) is 9.38 Å². The van der Waals surface area contributed by atoms with Crippen molar-refractivity contribution in [1.29, 1.82) is 0 Å². The second kappa shape index (κ2) is 9.60. The van der Waals surface area contributed by atoms with Crippen LogP contribution in [0.1, 0.15) is 34.1 Å². The van der Waals surface area contributed by atoms with E-state index in [9.17, 15) is 16.8 Å². The van der Waals surface area contributed by atoms with Gasteiger partial charge < -0.3 is 9.47 Å². The number of pyridine rings is 1. The van der Waals surface area contributed by atoms with Crippen molar-refractivity contribution >= 4 is 31.2 Å². The smallest absolute Gasteiger partial charge is 0.232 e. The lowest BCUT2D eigenvalue weighted by atomic mass is 10.1. The van der Waals surface area contributed by atoms with E-state index in [-0.39, 0.29) is 16.4 Å². The summed E-state index contributed by atoms with van der Waals surface area (Å²) in [5.74, 6) is 0.679. The van der Waals surface area contributed by atoms with E-state index in [0.29, 0.717) is 41.4 Å². The Labute approximate surface area is 194 Å². The molecule has 0 aliphatic heterocycles. The molecule has 0 saturated carbocycles. The Balaban J connectivity index is 2.21. The van der Waals surface area contributed by atoms with Crippen molar-refractivity contribution in [2.45, 2.75) is 44.3 Å². The number of ether oxygens (including phenoxy) is 2. The molecule has 1 N–H and O–H groups in total. The standard InChI is InChI=1S/C22H29N3O6S2/c1-6-8-32(26,27)24-17-9-16(10-18(11-17)30-5)19-13-23-22-12-20(31-7-2)21(14-25(19)22)33(28,29)15(3)4/h9-15,24H,6-8H2,1-5H3. The quantitative estimate of drug-likeness (QED) is 0.455. The Hall–Kier alpha value is -2.79. The molecular formula is C22H29N3O6S2. The van der Waals surface area contributed by atoms with Crippen molar-refractivity contribution in [3.63, 3.8) is 0 Å². The minimum absolute atomic E-state index is 0.00815. The van der Waals surface area contributed by atoms with Gasteiger partial charge in [-0.15, -0.1) is 0 Å². The number of imidazole rings is 1. The molecule has 3 rings (SSSR count). The Morgan fingerprint density at radius 2 is 1.82 bits per heavy atom. The molecule has 3 aromatic rings. The molecule has 0 bridgehead atoms. The van der Waals surface area contributed by atoms with Gasteiger partial charge in [0.25, 0.3) is 0 Å². The van der Waals surface area contributed by atoms with E-state index in [1.807, 2.05) is 0 Å². The molecule has 2 aromatic heterocycles. The normalized spacial score (nSPS) is 12.3. The summed E-state index contributed by atoms with van der Waals surface area (Å²) < 4.78 is 65.7. The zero-order valence-corrected chi connectivity index (χ0v) is 21.0. The van der Waals surface area contributed by atoms with Gasteiger partial charge in [-0.05, 0) is 39.3 Å². The first-order valence-corrected chi connectivity index (χ1v) is 13.8. The van der Waals surface area contributed by atoms with E-state index >= 15 is 0 Å². The van der Waals surface area contributed by atoms with Gasteiger partial charge in [0, 0.05) is 23.9 Å². The van der Waals surface area contributed by atoms with Gasteiger partial charge in [-0.3, -0.25) is 9.12 Å². The van der Waals surface area contributed by atoms with Crippen molar-refractivity contribution in [3.8, 4) is 22.8 Å². The molecule has 0 atom stereocenters. The Morgan fingerprint density at radius 3 is 2.42 bits per heavy atom. The van der Waals surface area contributed by atoms with Crippen LogP contribution < -0.4 is 14.2 Å². The Morgan fingerprint density at radius 1 is 1.09 bits per heavy atom. The highest BCUT2D eigenvalue weighted by Crippen LogP contribution is 2.33. The molecular weight excluding hydrogens is 466 g/mol. The predicted octanol–water partition coefficient (Wildman–Crippen LogP) is 3.74. The number of hydrogen-bond donors (Lipinski definition) is 1. The molecule has 0 radical (unpaired) electrons. The summed E-state index contributed by atoms with van der Waals surface area (Å²) in [6.07, 6.45) is 3.57. The number of sulfone groups is 1. The molecule has 11 heteroatoms. The maximum Gasteiger partial charge on any atom is 0.232 e. The fourth-order valence-electron chi connectivity index (χ4n) is 3.36. The van der Waals surface area contributed by atoms with Crippen LogP contribution in [0.15, 0.2) is 41.6 Å². The molecule has 9 nitrogen and oxygen atoms in total. The third-order valence-electron chi connectivity index (χ3n) is 4.99. The number of fused-ring (bicyclic) bond motifs is 1. The van der Waals surface area contributed by atoms with Crippen LogP contribution in [0.25, 0.3) is 16.9 Å². The van der Waals surface area contributed by atoms with Gasteiger partial charge in [0.2, 0.25) is 10.0 Å². The molecule has 0 aliphatic carbocycles. The first-order valence-electron chi connectivity index (χ1n) is 10.6. The van der Waals surface area contributed by atoms with Crippen molar-refractivity contribution in [3.05, 3.63) is 36.7 Å². The molecule has 33 heavy (non-hydrogen) atoms. The van der Waals surface area contributed by atoms with Gasteiger partial charge >= 0.3 is 0 Å². The van der Waals surface area contributed by atoms with Gasteiger partial charge in [0.15, 0.2) is 9.84 Å². The van der Waals surface area contributed by atoms with Crippen LogP contribution >= 0.6 is 0 Å². The topological polar surface area (TPSA) is 116 Å². The number of hydrogen-bond acceptors (Lipinski definition) is 7. The lowest BCUT2D eigenvalue weighted by Crippen LogP contribution is -2.16. The van der Waals surface area contributed by atoms with Crippen LogP contribution in [0.5, 0.6) is 11.5 Å². The van der Waals surface area contributed by atoms with Gasteiger partial charge in [0.05, 0.1) is 42.3 Å². The van der Waals surface area contributed by atoms with Crippen molar-refractivity contribution < 1.29 is 26.3 Å². The van der Waals surface area contributed by atoms with Crippen LogP contribution in [0, 0.1) is 0 Å². The van der Waals surface area contributed by atoms with Crippen LogP contribution in [0.4, 0.5) is 5.69 Å². The lowest BCUT2D eigenvalue weighted by molar-refractivity contribution is 0.330. The molecule has 0 fully saturated rings. The number of rotatable bonds is 10. The van der Waals surface area contributed by atoms with Gasteiger partial charge in [-0.1, -0.05) is 6.92 Å². The first-order chi connectivity index (χ1) is 15.5. The summed E-state index contributed by atoms with van der Waals surface area (Å²) in [5, 5.41) is -0.641. The largest absolute Gasteiger partial charge is 0.497 e. The summed E-state index contributed by atoms with van der Waals surface area (Å²) in [6, 6.07) is 6.56. The third-order valence-corrected chi connectivity index (χ3v) is 8.64. The minimum atomic E-state index is -3.64. The lowest BCUT2D eigenvalue weighted by Gasteiger charge is -2.15. The predicted molar refractivity (Wildman–Crippen MR) is 128 cm³/mol. The second-order valence-corrected chi connectivity index (χ2v) is 12.1. The molecule has 0 unspecified atom stereocenters. The molecule has 0 aliphatic rings. The van der Waals surface area contributed by atoms with E-state index < -0.39 is 25.1 Å². The van der Waals surface area contributed by atoms with Crippen LogP contribution in [0.3, 0.4) is 0 Å². The molecule has 180 valence electrons. The summed E-state index contributed by atoms with van der Waals surface area (Å²) in [7, 11) is -5.66. The fourth-order valence-corrected chi connectivity index (χ4v) is 5.63. The van der Waals surface area contributed by atoms with Gasteiger partial charge in [-0.25, -0.2) is 21.8 Å². The number of nitrogens with zero attached hydrogens (tertiary/aromatic N) is 2. The van der Waals surface area contributed by atoms with Crippen LogP contribution in [0.2, 0.25) is 0 Å². The maximum atomic E-state index is 13.0. The summed E-state index contributed by atoms with van der Waals surface area (Å²) in [5.41, 5.74) is 2.01. The van der Waals surface area contributed by atoms with Crippen LogP contribution in [-0.4, -0.2) is 50.9 Å². The minimum Gasteiger partial charge on any atom is -0.497 e. The fraction of sp³-hybridized carbons (Fsp3) is 0.409. The average Bonchev–Trinajstić information content (AvgIpc) is 3.15. The average molecular weight is 496 g/mol. The van der Waals surface area contributed by atoms with Crippen LogP contribution in [-0.2, 0) is 19.9 Å². The Kier molecular flexibility index (Phi) is 7.23. The molecule has 0 saturated heterocycles. The highest BCUT2D eigenvalue weighted by atomic mass is 32.2. The number of aromatic nitrogens is 2. The zero-order valence-electron chi connectivity index (χ0n) is 19.3. The first kappa shape index (κ1) is 24.8. The second-order valence-electron chi connectivity index (χ2n) is 7.77. The number of nitrogens with one attached hydrogen (secondary N) is 1. The number of methoxy groups -OCH3 is 1. The number of sulfonamides is 1. The third kappa shape index (κ3) is 5.25. The van der Waals surface area contributed by atoms with E-state index in [4.69, 9.17) is 9.47 Å². The van der Waals surface area contributed by atoms with Crippen molar-refractivity contribution in [2.75, 3.05) is 24.2 Å². The Bertz CT molecular complexity index is 1360. The van der Waals surface area contributed by atoms with E-state index in [2.05, 4.69) is 9.71 Å². The summed E-state index contributed by atoms with van der Waals surface area (Å²) in [6.45, 7) is 7.10. The monoisotopic (exact) mass is 495 g/mol. The maximum absolute atomic E-state index is 13.0. The van der Waals surface area contributed by atoms with Crippen molar-refractivity contribution in [2.24, 2.45) is 0 Å². The molecule has 0 spiro atoms. The highest BCUT2D eigenvalue weighted by Gasteiger charge is 2.26. The van der Waals surface area contributed by atoms with E-state index in [0.717, 1.165) is 0 Å². The van der Waals surface area contributed by atoms with E-state index in [1.165, 1.54) is 13.3 Å². The number of anilines is 1. The summed E-state index contributed by atoms with van der Waals surface area (Å²) >= 11 is 0. The SMILES string of the molecule is CCCS(=O)(=O)Nc1cc(OC)cc(-c2cnc3cc(OCC)c(S(=O)(=O)C(C)C)cn23)c1.